The molecule has 1 aromatic carbocycles. The second-order valence-electron chi connectivity index (χ2n) is 9.42. The summed E-state index contributed by atoms with van der Waals surface area (Å²) >= 11 is 0. The molecule has 0 aliphatic heterocycles. The zero-order valence-corrected chi connectivity index (χ0v) is 21.2. The number of hydrogen-bond acceptors (Lipinski definition) is 7. The minimum atomic E-state index is -0.145. The van der Waals surface area contributed by atoms with Crippen LogP contribution < -0.4 is 15.5 Å². The molecular formula is C28H29N9O. The molecule has 1 aliphatic carbocycles. The summed E-state index contributed by atoms with van der Waals surface area (Å²) in [6.07, 6.45) is 13.8. The molecule has 192 valence electrons. The van der Waals surface area contributed by atoms with Crippen LogP contribution in [-0.2, 0) is 13.6 Å². The number of nitrogens with one attached hydrogen (secondary N) is 2. The van der Waals surface area contributed by atoms with Crippen LogP contribution in [-0.4, -0.2) is 42.8 Å². The zero-order chi connectivity index (χ0) is 26.3. The van der Waals surface area contributed by atoms with E-state index < -0.39 is 0 Å². The lowest BCUT2D eigenvalue weighted by molar-refractivity contribution is 0.240. The second kappa shape index (κ2) is 11.5. The second-order valence-corrected chi connectivity index (χ2v) is 9.42. The maximum absolute atomic E-state index is 13.5. The van der Waals surface area contributed by atoms with Gasteiger partial charge in [-0.3, -0.25) is 9.58 Å². The van der Waals surface area contributed by atoms with Gasteiger partial charge in [-0.25, -0.2) is 19.7 Å². The lowest BCUT2D eigenvalue weighted by atomic mass is 9.89. The van der Waals surface area contributed by atoms with Crippen LogP contribution in [0, 0.1) is 11.3 Å². The standard InChI is InChI=1S/C28H29N9O/c1-36-18-23(17-34-36)22-3-7-25(8-4-22)37(28(38)33-16-21-13-30-19-31-14-21)26-9-5-24(6-10-26)35-27-11-2-20(12-29)15-32-27/h2-4,7-8,11,13-15,17-19,24,26H,5-6,9-10,16H2,1H3,(H,32,35)(H,33,38)/t24-,26-. The highest BCUT2D eigenvalue weighted by Gasteiger charge is 2.30. The van der Waals surface area contributed by atoms with Crippen molar-refractivity contribution in [3.05, 3.63) is 84.8 Å². The first-order valence-electron chi connectivity index (χ1n) is 12.6. The summed E-state index contributed by atoms with van der Waals surface area (Å²) in [7, 11) is 1.89. The number of carbonyl (C=O) groups excluding carboxylic acids is 1. The number of anilines is 2. The molecule has 2 N–H and O–H groups in total. The molecule has 1 aliphatic rings. The third-order valence-corrected chi connectivity index (χ3v) is 6.77. The number of aryl methyl sites for hydroxylation is 1. The molecule has 1 saturated carbocycles. The fraction of sp³-hybridized carbons (Fsp3) is 0.286. The molecule has 10 nitrogen and oxygen atoms in total. The summed E-state index contributed by atoms with van der Waals surface area (Å²) in [6.45, 7) is 0.352. The van der Waals surface area contributed by atoms with Crippen molar-refractivity contribution in [1.29, 1.82) is 5.26 Å². The van der Waals surface area contributed by atoms with Gasteiger partial charge in [0.1, 0.15) is 18.2 Å². The van der Waals surface area contributed by atoms with Gasteiger partial charge in [0.25, 0.3) is 0 Å². The predicted octanol–water partition coefficient (Wildman–Crippen LogP) is 4.28. The molecule has 0 radical (unpaired) electrons. The molecule has 3 aromatic heterocycles. The lowest BCUT2D eigenvalue weighted by Crippen LogP contribution is -2.48. The summed E-state index contributed by atoms with van der Waals surface area (Å²) in [5, 5.41) is 19.8. The first-order chi connectivity index (χ1) is 18.6. The lowest BCUT2D eigenvalue weighted by Gasteiger charge is -2.37. The van der Waals surface area contributed by atoms with Crippen LogP contribution in [0.3, 0.4) is 0 Å². The minimum Gasteiger partial charge on any atom is -0.367 e. The van der Waals surface area contributed by atoms with Gasteiger partial charge in [-0.1, -0.05) is 12.1 Å². The van der Waals surface area contributed by atoms with Crippen molar-refractivity contribution < 1.29 is 4.79 Å². The molecule has 0 saturated heterocycles. The van der Waals surface area contributed by atoms with Crippen LogP contribution in [0.4, 0.5) is 16.3 Å². The van der Waals surface area contributed by atoms with Crippen LogP contribution in [0.15, 0.2) is 73.7 Å². The molecule has 38 heavy (non-hydrogen) atoms. The van der Waals surface area contributed by atoms with Gasteiger partial charge in [0.15, 0.2) is 0 Å². The van der Waals surface area contributed by atoms with Crippen molar-refractivity contribution in [3.8, 4) is 17.2 Å². The van der Waals surface area contributed by atoms with E-state index in [9.17, 15) is 4.79 Å². The molecule has 0 atom stereocenters. The van der Waals surface area contributed by atoms with Gasteiger partial charge in [-0.05, 0) is 55.5 Å². The number of nitriles is 1. The molecule has 4 aromatic rings. The predicted molar refractivity (Wildman–Crippen MR) is 144 cm³/mol. The summed E-state index contributed by atoms with van der Waals surface area (Å²) < 4.78 is 1.77. The number of rotatable bonds is 7. The quantitative estimate of drug-likeness (QED) is 0.382. The monoisotopic (exact) mass is 507 g/mol. The van der Waals surface area contributed by atoms with E-state index in [1.165, 1.54) is 6.33 Å². The van der Waals surface area contributed by atoms with Crippen LogP contribution in [0.25, 0.3) is 11.1 Å². The fourth-order valence-corrected chi connectivity index (χ4v) is 4.80. The van der Waals surface area contributed by atoms with E-state index in [-0.39, 0.29) is 18.1 Å². The van der Waals surface area contributed by atoms with Gasteiger partial charge in [0.05, 0.1) is 11.8 Å². The molecular weight excluding hydrogens is 478 g/mol. The van der Waals surface area contributed by atoms with E-state index in [0.29, 0.717) is 12.1 Å². The van der Waals surface area contributed by atoms with E-state index in [4.69, 9.17) is 5.26 Å². The number of carbonyl (C=O) groups is 1. The Hall–Kier alpha value is -4.78. The van der Waals surface area contributed by atoms with Gasteiger partial charge in [0.2, 0.25) is 0 Å². The first-order valence-corrected chi connectivity index (χ1v) is 12.6. The summed E-state index contributed by atoms with van der Waals surface area (Å²) in [5.74, 6) is 0.762. The first kappa shape index (κ1) is 24.9. The van der Waals surface area contributed by atoms with E-state index >= 15 is 0 Å². The molecule has 1 fully saturated rings. The van der Waals surface area contributed by atoms with Gasteiger partial charge in [-0.2, -0.15) is 10.4 Å². The number of nitrogens with zero attached hydrogens (tertiary/aromatic N) is 7. The maximum Gasteiger partial charge on any atom is 0.322 e. The van der Waals surface area contributed by atoms with Gasteiger partial charge in [-0.15, -0.1) is 0 Å². The Bertz CT molecular complexity index is 1390. The third-order valence-electron chi connectivity index (χ3n) is 6.77. The Balaban J connectivity index is 1.29. The van der Waals surface area contributed by atoms with Crippen LogP contribution in [0.1, 0.15) is 36.8 Å². The van der Waals surface area contributed by atoms with Crippen molar-refractivity contribution in [2.45, 2.75) is 44.3 Å². The molecule has 5 rings (SSSR count). The highest BCUT2D eigenvalue weighted by molar-refractivity contribution is 5.93. The topological polar surface area (TPSA) is 125 Å². The van der Waals surface area contributed by atoms with E-state index in [0.717, 1.165) is 53.9 Å². The molecule has 0 spiro atoms. The molecule has 2 amide bonds. The minimum absolute atomic E-state index is 0.0539. The van der Waals surface area contributed by atoms with E-state index in [1.807, 2.05) is 54.7 Å². The molecule has 0 bridgehead atoms. The third kappa shape index (κ3) is 5.95. The van der Waals surface area contributed by atoms with Crippen LogP contribution in [0.5, 0.6) is 0 Å². The number of aromatic nitrogens is 5. The maximum atomic E-state index is 13.5. The fourth-order valence-electron chi connectivity index (χ4n) is 4.80. The Kier molecular flexibility index (Phi) is 7.54. The highest BCUT2D eigenvalue weighted by atomic mass is 16.2. The smallest absolute Gasteiger partial charge is 0.322 e. The van der Waals surface area contributed by atoms with Crippen molar-refractivity contribution in [2.75, 3.05) is 10.2 Å². The van der Waals surface area contributed by atoms with E-state index in [1.54, 1.807) is 29.3 Å². The molecule has 0 unspecified atom stereocenters. The Morgan fingerprint density at radius 2 is 1.79 bits per heavy atom. The van der Waals surface area contributed by atoms with Crippen LogP contribution >= 0.6 is 0 Å². The molecule has 3 heterocycles. The van der Waals surface area contributed by atoms with Gasteiger partial charge in [0, 0.05) is 67.3 Å². The average molecular weight is 508 g/mol. The number of hydrogen-bond donors (Lipinski definition) is 2. The van der Waals surface area contributed by atoms with Crippen molar-refractivity contribution in [1.82, 2.24) is 30.0 Å². The van der Waals surface area contributed by atoms with Gasteiger partial charge < -0.3 is 10.6 Å². The largest absolute Gasteiger partial charge is 0.367 e. The SMILES string of the molecule is Cn1cc(-c2ccc(N(C(=O)NCc3cncnc3)[C@H]3CC[C@H](Nc4ccc(C#N)cn4)CC3)cc2)cn1. The summed E-state index contributed by atoms with van der Waals surface area (Å²) in [4.78, 5) is 27.8. The Morgan fingerprint density at radius 1 is 1.03 bits per heavy atom. The Morgan fingerprint density at radius 3 is 2.42 bits per heavy atom. The Labute approximate surface area is 221 Å². The van der Waals surface area contributed by atoms with E-state index in [2.05, 4.69) is 36.8 Å². The van der Waals surface area contributed by atoms with Gasteiger partial charge >= 0.3 is 6.03 Å². The highest BCUT2D eigenvalue weighted by Crippen LogP contribution is 2.31. The van der Waals surface area contributed by atoms with Crippen molar-refractivity contribution in [3.63, 3.8) is 0 Å². The number of pyridine rings is 1. The number of amides is 2. The zero-order valence-electron chi connectivity index (χ0n) is 21.2. The number of urea groups is 1. The number of benzene rings is 1. The van der Waals surface area contributed by atoms with Crippen molar-refractivity contribution in [2.24, 2.45) is 7.05 Å². The van der Waals surface area contributed by atoms with Crippen molar-refractivity contribution >= 4 is 17.5 Å². The summed E-state index contributed by atoms with van der Waals surface area (Å²) in [6, 6.07) is 13.9. The molecule has 10 heteroatoms. The summed E-state index contributed by atoms with van der Waals surface area (Å²) in [5.41, 5.74) is 4.31. The van der Waals surface area contributed by atoms with Crippen LogP contribution in [0.2, 0.25) is 0 Å². The normalized spacial score (nSPS) is 16.8. The average Bonchev–Trinajstić information content (AvgIpc) is 3.40.